The van der Waals surface area contributed by atoms with Crippen LogP contribution in [0.15, 0.2) is 60.7 Å². The normalized spacial score (nSPS) is 17.8. The molecule has 1 heterocycles. The molecule has 1 aliphatic heterocycles. The summed E-state index contributed by atoms with van der Waals surface area (Å²) in [7, 11) is 0. The molecule has 0 aromatic heterocycles. The molecule has 0 radical (unpaired) electrons. The highest BCUT2D eigenvalue weighted by Crippen LogP contribution is 2.24. The zero-order valence-electron chi connectivity index (χ0n) is 15.4. The van der Waals surface area contributed by atoms with E-state index in [4.69, 9.17) is 9.68 Å². The Balaban J connectivity index is 1.63. The van der Waals surface area contributed by atoms with E-state index in [1.54, 1.807) is 0 Å². The molecule has 1 fully saturated rings. The third-order valence-electron chi connectivity index (χ3n) is 4.54. The van der Waals surface area contributed by atoms with Gasteiger partial charge in [-0.2, -0.15) is 5.06 Å². The number of hydroxylamine groups is 4. The second-order valence-corrected chi connectivity index (χ2v) is 6.83. The number of amides is 2. The fraction of sp³-hybridized carbons (Fsp3) is 0.381. The lowest BCUT2D eigenvalue weighted by Crippen LogP contribution is -2.55. The predicted molar refractivity (Wildman–Crippen MR) is 99.6 cm³/mol. The van der Waals surface area contributed by atoms with E-state index in [1.165, 1.54) is 10.1 Å². The Bertz CT molecular complexity index is 691. The van der Waals surface area contributed by atoms with Gasteiger partial charge in [0.05, 0.1) is 12.6 Å². The number of carbonyl (C=O) groups excluding carboxylic acids is 1. The average molecular weight is 354 g/mol. The van der Waals surface area contributed by atoms with Gasteiger partial charge in [0.15, 0.2) is 0 Å². The summed E-state index contributed by atoms with van der Waals surface area (Å²) in [5, 5.41) is 2.91. The smallest absolute Gasteiger partial charge is 0.265 e. The number of nitrogens with zero attached hydrogens (tertiary/aromatic N) is 2. The van der Waals surface area contributed by atoms with E-state index in [0.717, 1.165) is 17.5 Å². The first-order valence-corrected chi connectivity index (χ1v) is 9.09. The number of rotatable bonds is 7. The lowest BCUT2D eigenvalue weighted by atomic mass is 9.99. The molecule has 138 valence electrons. The zero-order chi connectivity index (χ0) is 18.4. The number of benzene rings is 2. The van der Waals surface area contributed by atoms with Crippen LogP contribution in [0.25, 0.3) is 0 Å². The van der Waals surface area contributed by atoms with Crippen LogP contribution in [0.1, 0.15) is 31.4 Å². The highest BCUT2D eigenvalue weighted by Gasteiger charge is 2.37. The second kappa shape index (κ2) is 8.83. The van der Waals surface area contributed by atoms with Gasteiger partial charge < -0.3 is 0 Å². The molecule has 0 spiro atoms. The molecule has 1 saturated heterocycles. The lowest BCUT2D eigenvalue weighted by molar-refractivity contribution is -0.231. The monoisotopic (exact) mass is 354 g/mol. The van der Waals surface area contributed by atoms with Crippen LogP contribution in [0, 0.1) is 5.92 Å². The molecule has 0 aliphatic carbocycles. The van der Waals surface area contributed by atoms with E-state index < -0.39 is 0 Å². The molecular weight excluding hydrogens is 328 g/mol. The largest absolute Gasteiger partial charge is 0.368 e. The maximum absolute atomic E-state index is 12.9. The molecule has 0 unspecified atom stereocenters. The third kappa shape index (κ3) is 4.62. The Morgan fingerprint density at radius 1 is 0.923 bits per heavy atom. The Morgan fingerprint density at radius 3 is 2.00 bits per heavy atom. The summed E-state index contributed by atoms with van der Waals surface area (Å²) < 4.78 is 0. The average Bonchev–Trinajstić information content (AvgIpc) is 2.67. The van der Waals surface area contributed by atoms with Gasteiger partial charge in [-0.1, -0.05) is 74.5 Å². The van der Waals surface area contributed by atoms with E-state index in [2.05, 4.69) is 13.8 Å². The summed E-state index contributed by atoms with van der Waals surface area (Å²) in [6, 6.07) is 19.5. The van der Waals surface area contributed by atoms with Gasteiger partial charge in [-0.05, 0) is 23.5 Å². The van der Waals surface area contributed by atoms with Crippen LogP contribution >= 0.6 is 0 Å². The first-order chi connectivity index (χ1) is 12.6. The SMILES string of the molecule is CC(C)[C@@H]1CCN(OCc2ccccc2)C(=O)N1OCc1ccccc1. The van der Waals surface area contributed by atoms with Crippen LogP contribution < -0.4 is 0 Å². The highest BCUT2D eigenvalue weighted by atomic mass is 16.7. The summed E-state index contributed by atoms with van der Waals surface area (Å²) in [6.45, 7) is 5.52. The highest BCUT2D eigenvalue weighted by molar-refractivity contribution is 5.73. The fourth-order valence-corrected chi connectivity index (χ4v) is 3.03. The minimum atomic E-state index is -0.234. The van der Waals surface area contributed by atoms with Gasteiger partial charge in [-0.25, -0.2) is 9.86 Å². The minimum Gasteiger partial charge on any atom is -0.265 e. The summed E-state index contributed by atoms with van der Waals surface area (Å²) in [5.41, 5.74) is 2.06. The van der Waals surface area contributed by atoms with E-state index in [1.807, 2.05) is 60.7 Å². The summed E-state index contributed by atoms with van der Waals surface area (Å²) >= 11 is 0. The van der Waals surface area contributed by atoms with Crippen LogP contribution in [0.2, 0.25) is 0 Å². The number of hydrogen-bond acceptors (Lipinski definition) is 3. The first kappa shape index (κ1) is 18.4. The van der Waals surface area contributed by atoms with Crippen molar-refractivity contribution >= 4 is 6.03 Å². The van der Waals surface area contributed by atoms with Crippen molar-refractivity contribution in [1.29, 1.82) is 0 Å². The fourth-order valence-electron chi connectivity index (χ4n) is 3.03. The molecule has 2 aromatic rings. The van der Waals surface area contributed by atoms with Gasteiger partial charge in [-0.15, -0.1) is 0 Å². The van der Waals surface area contributed by atoms with Gasteiger partial charge in [0.1, 0.15) is 13.2 Å². The van der Waals surface area contributed by atoms with Gasteiger partial charge in [0.25, 0.3) is 0 Å². The second-order valence-electron chi connectivity index (χ2n) is 6.83. The van der Waals surface area contributed by atoms with Crippen molar-refractivity contribution in [3.05, 3.63) is 71.8 Å². The summed E-state index contributed by atoms with van der Waals surface area (Å²) in [4.78, 5) is 24.5. The Kier molecular flexibility index (Phi) is 6.26. The van der Waals surface area contributed by atoms with Gasteiger partial charge in [0.2, 0.25) is 0 Å². The van der Waals surface area contributed by atoms with Crippen molar-refractivity contribution in [2.24, 2.45) is 5.92 Å². The minimum absolute atomic E-state index is 0.0442. The zero-order valence-corrected chi connectivity index (χ0v) is 15.4. The van der Waals surface area contributed by atoms with Crippen molar-refractivity contribution in [1.82, 2.24) is 10.1 Å². The van der Waals surface area contributed by atoms with Crippen molar-refractivity contribution in [3.63, 3.8) is 0 Å². The van der Waals surface area contributed by atoms with E-state index in [9.17, 15) is 4.79 Å². The Hall–Kier alpha value is -2.37. The Labute approximate surface area is 155 Å². The molecule has 1 aliphatic rings. The summed E-state index contributed by atoms with van der Waals surface area (Å²) in [5.74, 6) is 0.311. The molecule has 5 heteroatoms. The van der Waals surface area contributed by atoms with Crippen LogP contribution in [0.5, 0.6) is 0 Å². The van der Waals surface area contributed by atoms with Crippen molar-refractivity contribution in [2.75, 3.05) is 6.54 Å². The number of urea groups is 1. The topological polar surface area (TPSA) is 42.0 Å². The molecule has 3 rings (SSSR count). The van der Waals surface area contributed by atoms with Crippen LogP contribution in [0.4, 0.5) is 4.79 Å². The molecule has 0 N–H and O–H groups in total. The van der Waals surface area contributed by atoms with Gasteiger partial charge >= 0.3 is 6.03 Å². The number of hydrogen-bond donors (Lipinski definition) is 0. The Morgan fingerprint density at radius 2 is 1.46 bits per heavy atom. The maximum Gasteiger partial charge on any atom is 0.368 e. The first-order valence-electron chi connectivity index (χ1n) is 9.09. The predicted octanol–water partition coefficient (Wildman–Crippen LogP) is 4.40. The van der Waals surface area contributed by atoms with Crippen molar-refractivity contribution in [3.8, 4) is 0 Å². The van der Waals surface area contributed by atoms with E-state index in [-0.39, 0.29) is 12.1 Å². The van der Waals surface area contributed by atoms with Crippen molar-refractivity contribution < 1.29 is 14.5 Å². The molecule has 26 heavy (non-hydrogen) atoms. The lowest BCUT2D eigenvalue weighted by Gasteiger charge is -2.41. The third-order valence-corrected chi connectivity index (χ3v) is 4.54. The quantitative estimate of drug-likeness (QED) is 0.740. The standard InChI is InChI=1S/C21H26N2O3/c1-17(2)20-13-14-22(25-15-18-9-5-3-6-10-18)21(24)23(20)26-16-19-11-7-4-8-12-19/h3-12,17,20H,13-16H2,1-2H3/t20-/m0/s1. The van der Waals surface area contributed by atoms with Crippen LogP contribution in [-0.4, -0.2) is 28.7 Å². The molecular formula is C21H26N2O3. The van der Waals surface area contributed by atoms with Crippen molar-refractivity contribution in [2.45, 2.75) is 39.5 Å². The van der Waals surface area contributed by atoms with E-state index in [0.29, 0.717) is 25.7 Å². The molecule has 2 amide bonds. The molecule has 2 aromatic carbocycles. The molecule has 1 atom stereocenters. The van der Waals surface area contributed by atoms with Gasteiger partial charge in [-0.3, -0.25) is 9.68 Å². The van der Waals surface area contributed by atoms with Gasteiger partial charge in [0, 0.05) is 0 Å². The molecule has 0 saturated carbocycles. The number of carbonyl (C=O) groups is 1. The maximum atomic E-state index is 12.9. The molecule has 0 bridgehead atoms. The summed E-state index contributed by atoms with van der Waals surface area (Å²) in [6.07, 6.45) is 0.812. The molecule has 5 nitrogen and oxygen atoms in total. The van der Waals surface area contributed by atoms with Crippen LogP contribution in [0.3, 0.4) is 0 Å². The van der Waals surface area contributed by atoms with E-state index >= 15 is 0 Å². The van der Waals surface area contributed by atoms with Crippen LogP contribution in [-0.2, 0) is 22.9 Å².